The monoisotopic (exact) mass is 373 g/mol. The van der Waals surface area contributed by atoms with E-state index in [1.807, 2.05) is 19.9 Å². The minimum absolute atomic E-state index is 0.195. The third kappa shape index (κ3) is 4.93. The smallest absolute Gasteiger partial charge is 0.359 e. The topological polar surface area (TPSA) is 81.5 Å². The Morgan fingerprint density at radius 1 is 1.19 bits per heavy atom. The minimum atomic E-state index is -0.597. The van der Waals surface area contributed by atoms with Crippen LogP contribution in [0.5, 0.6) is 0 Å². The van der Waals surface area contributed by atoms with Gasteiger partial charge < -0.3 is 4.74 Å². The number of nitrogens with zero attached hydrogens (tertiary/aromatic N) is 3. The van der Waals surface area contributed by atoms with Crippen LogP contribution < -0.4 is 0 Å². The van der Waals surface area contributed by atoms with Crippen molar-refractivity contribution in [3.8, 4) is 0 Å². The van der Waals surface area contributed by atoms with Gasteiger partial charge in [0.05, 0.1) is 6.54 Å². The van der Waals surface area contributed by atoms with Crippen molar-refractivity contribution < 1.29 is 19.1 Å². The number of ether oxygens (including phenoxy) is 1. The number of carbonyl (C=O) groups excluding carboxylic acids is 3. The highest BCUT2D eigenvalue weighted by molar-refractivity contribution is 6.20. The van der Waals surface area contributed by atoms with Crippen LogP contribution in [0.3, 0.4) is 0 Å². The molecule has 0 fully saturated rings. The Hall–Kier alpha value is -2.70. The number of hydrogen-bond acceptors (Lipinski definition) is 5. The maximum atomic E-state index is 12.6. The lowest BCUT2D eigenvalue weighted by atomic mass is 10.1. The zero-order chi connectivity index (χ0) is 20.2. The largest absolute Gasteiger partial charge is 0.455 e. The van der Waals surface area contributed by atoms with Crippen molar-refractivity contribution >= 4 is 17.8 Å². The second kappa shape index (κ2) is 8.33. The Kier molecular flexibility index (Phi) is 6.36. The SMILES string of the molecule is CC/C=C\C1=C(CC)C(=O)N(CCn2ccc(C(=O)OC(C)(C)C)n2)C1=O. The summed E-state index contributed by atoms with van der Waals surface area (Å²) in [6, 6.07) is 1.56. The number of rotatable bonds is 7. The van der Waals surface area contributed by atoms with Crippen LogP contribution in [-0.2, 0) is 20.9 Å². The van der Waals surface area contributed by atoms with Gasteiger partial charge >= 0.3 is 5.97 Å². The van der Waals surface area contributed by atoms with E-state index in [0.29, 0.717) is 24.1 Å². The van der Waals surface area contributed by atoms with Crippen LogP contribution in [0.1, 0.15) is 57.9 Å². The van der Waals surface area contributed by atoms with Crippen molar-refractivity contribution in [2.75, 3.05) is 6.54 Å². The summed E-state index contributed by atoms with van der Waals surface area (Å²) in [7, 11) is 0. The first-order valence-corrected chi connectivity index (χ1v) is 9.20. The number of aromatic nitrogens is 2. The van der Waals surface area contributed by atoms with E-state index in [-0.39, 0.29) is 24.1 Å². The third-order valence-corrected chi connectivity index (χ3v) is 3.98. The Balaban J connectivity index is 2.04. The number of hydrogen-bond donors (Lipinski definition) is 0. The van der Waals surface area contributed by atoms with Gasteiger partial charge in [-0.1, -0.05) is 26.0 Å². The molecule has 1 aliphatic rings. The molecule has 0 radical (unpaired) electrons. The average Bonchev–Trinajstić information content (AvgIpc) is 3.13. The number of carbonyl (C=O) groups is 3. The second-order valence-electron chi connectivity index (χ2n) is 7.28. The quantitative estimate of drug-likeness (QED) is 0.542. The van der Waals surface area contributed by atoms with Crippen molar-refractivity contribution in [1.29, 1.82) is 0 Å². The fraction of sp³-hybridized carbons (Fsp3) is 0.500. The zero-order valence-corrected chi connectivity index (χ0v) is 16.6. The number of allylic oxidation sites excluding steroid dienone is 1. The summed E-state index contributed by atoms with van der Waals surface area (Å²) >= 11 is 0. The van der Waals surface area contributed by atoms with E-state index >= 15 is 0 Å². The molecule has 2 amide bonds. The maximum Gasteiger partial charge on any atom is 0.359 e. The maximum absolute atomic E-state index is 12.6. The number of esters is 1. The zero-order valence-electron chi connectivity index (χ0n) is 16.6. The number of amides is 2. The molecule has 7 nitrogen and oxygen atoms in total. The summed E-state index contributed by atoms with van der Waals surface area (Å²) in [5.41, 5.74) is 0.613. The van der Waals surface area contributed by atoms with Gasteiger partial charge in [-0.05, 0) is 39.7 Å². The summed E-state index contributed by atoms with van der Waals surface area (Å²) < 4.78 is 6.81. The van der Waals surface area contributed by atoms with E-state index in [2.05, 4.69) is 5.10 Å². The fourth-order valence-corrected chi connectivity index (χ4v) is 2.73. The molecular weight excluding hydrogens is 346 g/mol. The molecule has 1 aromatic heterocycles. The number of imide groups is 1. The molecule has 2 heterocycles. The summed E-state index contributed by atoms with van der Waals surface area (Å²) in [5, 5.41) is 4.18. The minimum Gasteiger partial charge on any atom is -0.455 e. The van der Waals surface area contributed by atoms with E-state index in [1.54, 1.807) is 39.1 Å². The van der Waals surface area contributed by atoms with Crippen molar-refractivity contribution in [3.63, 3.8) is 0 Å². The average molecular weight is 373 g/mol. The molecule has 0 unspecified atom stereocenters. The predicted octanol–water partition coefficient (Wildman–Crippen LogP) is 2.88. The van der Waals surface area contributed by atoms with Crippen LogP contribution in [0.15, 0.2) is 35.6 Å². The fourth-order valence-electron chi connectivity index (χ4n) is 2.73. The third-order valence-electron chi connectivity index (χ3n) is 3.98. The molecule has 0 atom stereocenters. The highest BCUT2D eigenvalue weighted by atomic mass is 16.6. The first-order chi connectivity index (χ1) is 12.7. The lowest BCUT2D eigenvalue weighted by molar-refractivity contribution is -0.137. The normalized spacial score (nSPS) is 15.4. The van der Waals surface area contributed by atoms with Gasteiger partial charge in [0.2, 0.25) is 0 Å². The standard InChI is InChI=1S/C20H27N3O4/c1-6-8-9-15-14(7-2)17(24)23(18(15)25)13-12-22-11-10-16(21-22)19(26)27-20(3,4)5/h8-11H,6-7,12-13H2,1-5H3/b9-8-. The molecule has 0 aliphatic carbocycles. The highest BCUT2D eigenvalue weighted by Crippen LogP contribution is 2.24. The molecule has 0 saturated carbocycles. The summed E-state index contributed by atoms with van der Waals surface area (Å²) in [4.78, 5) is 38.4. The Labute approximate surface area is 159 Å². The van der Waals surface area contributed by atoms with Gasteiger partial charge in [-0.25, -0.2) is 4.79 Å². The van der Waals surface area contributed by atoms with Gasteiger partial charge in [0.25, 0.3) is 11.8 Å². The van der Waals surface area contributed by atoms with E-state index in [0.717, 1.165) is 6.42 Å². The molecule has 27 heavy (non-hydrogen) atoms. The van der Waals surface area contributed by atoms with Crippen LogP contribution in [-0.4, -0.2) is 44.6 Å². The first-order valence-electron chi connectivity index (χ1n) is 9.20. The molecule has 0 saturated heterocycles. The second-order valence-corrected chi connectivity index (χ2v) is 7.28. The van der Waals surface area contributed by atoms with Gasteiger partial charge in [0.15, 0.2) is 5.69 Å². The molecule has 0 N–H and O–H groups in total. The lowest BCUT2D eigenvalue weighted by Crippen LogP contribution is -2.34. The Bertz CT molecular complexity index is 796. The van der Waals surface area contributed by atoms with Gasteiger partial charge in [-0.2, -0.15) is 5.10 Å². The van der Waals surface area contributed by atoms with Crippen LogP contribution >= 0.6 is 0 Å². The molecule has 2 rings (SSSR count). The summed E-state index contributed by atoms with van der Waals surface area (Å²) in [6.07, 6.45) is 6.54. The molecule has 0 spiro atoms. The molecule has 0 aromatic carbocycles. The Morgan fingerprint density at radius 3 is 2.48 bits per heavy atom. The summed E-state index contributed by atoms with van der Waals surface area (Å²) in [6.45, 7) is 9.70. The van der Waals surface area contributed by atoms with Crippen LogP contribution in [0.25, 0.3) is 0 Å². The first kappa shape index (κ1) is 20.6. The molecule has 1 aromatic rings. The van der Waals surface area contributed by atoms with E-state index < -0.39 is 11.6 Å². The van der Waals surface area contributed by atoms with Crippen molar-refractivity contribution in [2.24, 2.45) is 0 Å². The molecule has 1 aliphatic heterocycles. The van der Waals surface area contributed by atoms with Gasteiger partial charge in [-0.3, -0.25) is 19.2 Å². The molecular formula is C20H27N3O4. The highest BCUT2D eigenvalue weighted by Gasteiger charge is 2.35. The lowest BCUT2D eigenvalue weighted by Gasteiger charge is -2.18. The van der Waals surface area contributed by atoms with E-state index in [4.69, 9.17) is 4.74 Å². The molecule has 0 bridgehead atoms. The van der Waals surface area contributed by atoms with Crippen LogP contribution in [0.4, 0.5) is 0 Å². The molecule has 7 heteroatoms. The van der Waals surface area contributed by atoms with E-state index in [1.165, 1.54) is 9.58 Å². The van der Waals surface area contributed by atoms with Gasteiger partial charge in [0, 0.05) is 23.9 Å². The molecule has 146 valence electrons. The van der Waals surface area contributed by atoms with Crippen molar-refractivity contribution in [1.82, 2.24) is 14.7 Å². The van der Waals surface area contributed by atoms with Crippen LogP contribution in [0.2, 0.25) is 0 Å². The van der Waals surface area contributed by atoms with E-state index in [9.17, 15) is 14.4 Å². The summed E-state index contributed by atoms with van der Waals surface area (Å²) in [5.74, 6) is -1.03. The van der Waals surface area contributed by atoms with Gasteiger partial charge in [-0.15, -0.1) is 0 Å². The van der Waals surface area contributed by atoms with Crippen molar-refractivity contribution in [2.45, 2.75) is 59.6 Å². The Morgan fingerprint density at radius 2 is 1.89 bits per heavy atom. The predicted molar refractivity (Wildman–Crippen MR) is 101 cm³/mol. The van der Waals surface area contributed by atoms with Gasteiger partial charge in [0.1, 0.15) is 5.60 Å². The van der Waals surface area contributed by atoms with Crippen LogP contribution in [0, 0.1) is 0 Å². The van der Waals surface area contributed by atoms with Crippen molar-refractivity contribution in [3.05, 3.63) is 41.3 Å².